The van der Waals surface area contributed by atoms with Gasteiger partial charge in [-0.1, -0.05) is 29.8 Å². The fourth-order valence-electron chi connectivity index (χ4n) is 3.04. The molecule has 0 aliphatic heterocycles. The largest absolute Gasteiger partial charge is 0.319 e. The lowest BCUT2D eigenvalue weighted by atomic mass is 9.98. The molecular formula is C22H15ClFN5O2. The van der Waals surface area contributed by atoms with Crippen molar-refractivity contribution in [1.29, 1.82) is 0 Å². The highest BCUT2D eigenvalue weighted by molar-refractivity contribution is 6.30. The minimum Gasteiger partial charge on any atom is -0.319 e. The van der Waals surface area contributed by atoms with E-state index in [1.165, 1.54) is 28.9 Å². The molecule has 0 saturated heterocycles. The van der Waals surface area contributed by atoms with Gasteiger partial charge in [-0.3, -0.25) is 9.59 Å². The van der Waals surface area contributed by atoms with Crippen LogP contribution in [0.5, 0.6) is 0 Å². The molecule has 4 aromatic rings. The Hall–Kier alpha value is -3.91. The first-order chi connectivity index (χ1) is 14.9. The van der Waals surface area contributed by atoms with Crippen molar-refractivity contribution >= 4 is 29.0 Å². The van der Waals surface area contributed by atoms with Crippen molar-refractivity contribution in [2.24, 2.45) is 0 Å². The molecule has 1 N–H and O–H groups in total. The van der Waals surface area contributed by atoms with Crippen LogP contribution in [0.25, 0.3) is 5.69 Å². The molecule has 0 unspecified atom stereocenters. The van der Waals surface area contributed by atoms with Crippen molar-refractivity contribution in [2.45, 2.75) is 6.92 Å². The van der Waals surface area contributed by atoms with E-state index >= 15 is 0 Å². The van der Waals surface area contributed by atoms with Gasteiger partial charge < -0.3 is 5.32 Å². The number of carbonyl (C=O) groups excluding carboxylic acids is 2. The lowest BCUT2D eigenvalue weighted by Crippen LogP contribution is -2.18. The molecule has 9 heteroatoms. The highest BCUT2D eigenvalue weighted by Gasteiger charge is 2.19. The van der Waals surface area contributed by atoms with E-state index in [1.807, 2.05) is 0 Å². The van der Waals surface area contributed by atoms with Gasteiger partial charge in [0.05, 0.1) is 16.9 Å². The van der Waals surface area contributed by atoms with Gasteiger partial charge in [0.1, 0.15) is 5.82 Å². The van der Waals surface area contributed by atoms with Crippen LogP contribution in [0.15, 0.2) is 66.7 Å². The minimum atomic E-state index is -0.635. The third-order valence-corrected chi connectivity index (χ3v) is 4.84. The fraction of sp³-hybridized carbons (Fsp3) is 0.0455. The van der Waals surface area contributed by atoms with Crippen LogP contribution < -0.4 is 5.32 Å². The summed E-state index contributed by atoms with van der Waals surface area (Å²) in [5.41, 5.74) is 1.10. The zero-order chi connectivity index (χ0) is 22.0. The first-order valence-corrected chi connectivity index (χ1v) is 9.57. The number of nitrogens with one attached hydrogen (secondary N) is 1. The van der Waals surface area contributed by atoms with Crippen molar-refractivity contribution in [1.82, 2.24) is 20.2 Å². The molecule has 1 heterocycles. The number of nitrogens with zero attached hydrogens (tertiary/aromatic N) is 4. The number of aryl methyl sites for hydroxylation is 1. The summed E-state index contributed by atoms with van der Waals surface area (Å²) in [6.07, 6.45) is 0. The fourth-order valence-corrected chi connectivity index (χ4v) is 3.16. The van der Waals surface area contributed by atoms with Gasteiger partial charge in [0.2, 0.25) is 0 Å². The van der Waals surface area contributed by atoms with Crippen LogP contribution in [-0.4, -0.2) is 31.9 Å². The summed E-state index contributed by atoms with van der Waals surface area (Å²) < 4.78 is 15.8. The molecular weight excluding hydrogens is 421 g/mol. The Morgan fingerprint density at radius 2 is 1.71 bits per heavy atom. The van der Waals surface area contributed by atoms with E-state index in [-0.39, 0.29) is 22.6 Å². The van der Waals surface area contributed by atoms with Crippen LogP contribution in [0, 0.1) is 12.7 Å². The molecule has 4 rings (SSSR count). The number of tetrazole rings is 1. The molecule has 7 nitrogen and oxygen atoms in total. The van der Waals surface area contributed by atoms with E-state index < -0.39 is 11.7 Å². The van der Waals surface area contributed by atoms with Gasteiger partial charge in [-0.15, -0.1) is 5.10 Å². The summed E-state index contributed by atoms with van der Waals surface area (Å²) in [6, 6.07) is 16.8. The van der Waals surface area contributed by atoms with Gasteiger partial charge in [0.25, 0.3) is 5.91 Å². The SMILES string of the molecule is Cc1nnnn1-c1ccc(F)c(NC(=O)c2ccccc2C(=O)c2ccc(Cl)cc2)c1. The average Bonchev–Trinajstić information content (AvgIpc) is 3.21. The number of anilines is 1. The third-order valence-electron chi connectivity index (χ3n) is 4.59. The molecule has 154 valence electrons. The van der Waals surface area contributed by atoms with Gasteiger partial charge in [0.15, 0.2) is 11.6 Å². The number of rotatable bonds is 5. The molecule has 1 aromatic heterocycles. The van der Waals surface area contributed by atoms with Crippen molar-refractivity contribution in [3.8, 4) is 5.69 Å². The lowest BCUT2D eigenvalue weighted by Gasteiger charge is -2.12. The Bertz CT molecular complexity index is 1290. The van der Waals surface area contributed by atoms with Crippen molar-refractivity contribution in [3.05, 3.63) is 100 Å². The van der Waals surface area contributed by atoms with E-state index in [0.29, 0.717) is 22.1 Å². The zero-order valence-electron chi connectivity index (χ0n) is 16.2. The van der Waals surface area contributed by atoms with Crippen LogP contribution in [0.3, 0.4) is 0 Å². The summed E-state index contributed by atoms with van der Waals surface area (Å²) >= 11 is 5.88. The van der Waals surface area contributed by atoms with E-state index in [1.54, 1.807) is 49.4 Å². The minimum absolute atomic E-state index is 0.0638. The number of ketones is 1. The summed E-state index contributed by atoms with van der Waals surface area (Å²) in [7, 11) is 0. The Kier molecular flexibility index (Phi) is 5.55. The smallest absolute Gasteiger partial charge is 0.256 e. The maximum absolute atomic E-state index is 14.4. The number of hydrogen-bond donors (Lipinski definition) is 1. The molecule has 0 saturated carbocycles. The first kappa shape index (κ1) is 20.4. The second kappa shape index (κ2) is 8.45. The number of aromatic nitrogens is 4. The maximum atomic E-state index is 14.4. The molecule has 0 aliphatic rings. The Balaban J connectivity index is 1.65. The molecule has 0 spiro atoms. The molecule has 3 aromatic carbocycles. The molecule has 0 bridgehead atoms. The Labute approximate surface area is 181 Å². The normalized spacial score (nSPS) is 10.7. The average molecular weight is 436 g/mol. The zero-order valence-corrected chi connectivity index (χ0v) is 17.0. The predicted molar refractivity (Wildman–Crippen MR) is 113 cm³/mol. The van der Waals surface area contributed by atoms with E-state index in [0.717, 1.165) is 0 Å². The Morgan fingerprint density at radius 3 is 2.39 bits per heavy atom. The van der Waals surface area contributed by atoms with Crippen molar-refractivity contribution < 1.29 is 14.0 Å². The quantitative estimate of drug-likeness (QED) is 0.473. The third kappa shape index (κ3) is 4.19. The van der Waals surface area contributed by atoms with Crippen molar-refractivity contribution in [2.75, 3.05) is 5.32 Å². The highest BCUT2D eigenvalue weighted by Crippen LogP contribution is 2.22. The maximum Gasteiger partial charge on any atom is 0.256 e. The number of halogens is 2. The highest BCUT2D eigenvalue weighted by atomic mass is 35.5. The molecule has 31 heavy (non-hydrogen) atoms. The monoisotopic (exact) mass is 435 g/mol. The van der Waals surface area contributed by atoms with Gasteiger partial charge in [-0.25, -0.2) is 4.39 Å². The predicted octanol–water partition coefficient (Wildman–Crippen LogP) is 4.25. The van der Waals surface area contributed by atoms with Gasteiger partial charge in [-0.2, -0.15) is 4.68 Å². The summed E-state index contributed by atoms with van der Waals surface area (Å²) in [4.78, 5) is 25.9. The number of amides is 1. The van der Waals surface area contributed by atoms with E-state index in [9.17, 15) is 14.0 Å². The lowest BCUT2D eigenvalue weighted by molar-refractivity contribution is 0.0996. The van der Waals surface area contributed by atoms with Crippen LogP contribution in [0.4, 0.5) is 10.1 Å². The van der Waals surface area contributed by atoms with E-state index in [4.69, 9.17) is 11.6 Å². The molecule has 0 atom stereocenters. The Morgan fingerprint density at radius 1 is 1.00 bits per heavy atom. The number of benzene rings is 3. The second-order valence-electron chi connectivity index (χ2n) is 6.64. The van der Waals surface area contributed by atoms with Crippen molar-refractivity contribution in [3.63, 3.8) is 0 Å². The van der Waals surface area contributed by atoms with Crippen LogP contribution in [0.1, 0.15) is 32.1 Å². The first-order valence-electron chi connectivity index (χ1n) is 9.19. The molecule has 1 amide bonds. The summed E-state index contributed by atoms with van der Waals surface area (Å²) in [5, 5.41) is 14.2. The number of carbonyl (C=O) groups is 2. The second-order valence-corrected chi connectivity index (χ2v) is 7.07. The molecule has 0 fully saturated rings. The molecule has 0 radical (unpaired) electrons. The van der Waals surface area contributed by atoms with Crippen LogP contribution in [-0.2, 0) is 0 Å². The van der Waals surface area contributed by atoms with Crippen LogP contribution >= 0.6 is 11.6 Å². The van der Waals surface area contributed by atoms with Gasteiger partial charge >= 0.3 is 0 Å². The summed E-state index contributed by atoms with van der Waals surface area (Å²) in [5.74, 6) is -1.10. The van der Waals surface area contributed by atoms with Gasteiger partial charge in [-0.05, 0) is 65.9 Å². The van der Waals surface area contributed by atoms with Crippen LogP contribution in [0.2, 0.25) is 5.02 Å². The number of hydrogen-bond acceptors (Lipinski definition) is 5. The topological polar surface area (TPSA) is 89.8 Å². The standard InChI is InChI=1S/C22H15ClFN5O2/c1-13-26-27-28-29(13)16-10-11-19(24)20(12-16)25-22(31)18-5-3-2-4-17(18)21(30)14-6-8-15(23)9-7-14/h2-12H,1H3,(H,25,31). The summed E-state index contributed by atoms with van der Waals surface area (Å²) in [6.45, 7) is 1.69. The molecule has 0 aliphatic carbocycles. The van der Waals surface area contributed by atoms with E-state index in [2.05, 4.69) is 20.8 Å². The van der Waals surface area contributed by atoms with Gasteiger partial charge in [0, 0.05) is 16.1 Å².